The zero-order chi connectivity index (χ0) is 30.3. The number of ether oxygens (including phenoxy) is 1. The molecule has 2 amide bonds. The summed E-state index contributed by atoms with van der Waals surface area (Å²) in [5.41, 5.74) is 1.62. The van der Waals surface area contributed by atoms with Gasteiger partial charge >= 0.3 is 6.09 Å². The van der Waals surface area contributed by atoms with Gasteiger partial charge in [0.1, 0.15) is 5.82 Å². The van der Waals surface area contributed by atoms with E-state index in [1.165, 1.54) is 11.0 Å². The number of amides is 2. The molecule has 1 aromatic carbocycles. The van der Waals surface area contributed by atoms with Crippen LogP contribution >= 0.6 is 0 Å². The Labute approximate surface area is 246 Å². The summed E-state index contributed by atoms with van der Waals surface area (Å²) in [7, 11) is 1.71. The van der Waals surface area contributed by atoms with Crippen LogP contribution in [0.2, 0.25) is 0 Å². The summed E-state index contributed by atoms with van der Waals surface area (Å²) in [6.45, 7) is 10.5. The fourth-order valence-corrected chi connectivity index (χ4v) is 6.91. The van der Waals surface area contributed by atoms with Crippen molar-refractivity contribution in [1.82, 2.24) is 19.7 Å². The lowest BCUT2D eigenvalue weighted by Crippen LogP contribution is -2.62. The van der Waals surface area contributed by atoms with Crippen molar-refractivity contribution in [3.05, 3.63) is 63.3 Å². The number of pyridine rings is 1. The summed E-state index contributed by atoms with van der Waals surface area (Å²) < 4.78 is 22.1. The standard InChI is InChI=1S/C31H42FN5O5/c1-19-15-35(23(16-36(19)30(40)41)14-26-20(2)33-10-11-42-26)17-27(38)37-18-31(3,4)28-25(37)13-22(29(39)34(28)5)12-21-8-6-7-9-24(21)32/h6-9,13,19-20,23,26,33H,10-12,14-18H2,1-5H3,(H,40,41)/t19-,20-,23+,26?/m1/s1. The van der Waals surface area contributed by atoms with Crippen LogP contribution in [0.4, 0.5) is 14.9 Å². The number of aromatic nitrogens is 1. The lowest BCUT2D eigenvalue weighted by Gasteiger charge is -2.46. The maximum atomic E-state index is 14.5. The van der Waals surface area contributed by atoms with Crippen LogP contribution in [0.1, 0.15) is 50.9 Å². The van der Waals surface area contributed by atoms with Crippen molar-refractivity contribution in [3.63, 3.8) is 0 Å². The van der Waals surface area contributed by atoms with E-state index < -0.39 is 11.5 Å². The zero-order valence-electron chi connectivity index (χ0n) is 25.1. The smallest absolute Gasteiger partial charge is 0.407 e. The van der Waals surface area contributed by atoms with Gasteiger partial charge in [0, 0.05) is 68.8 Å². The number of carboxylic acid groups (broad SMARTS) is 1. The first-order valence-electron chi connectivity index (χ1n) is 14.7. The van der Waals surface area contributed by atoms with Gasteiger partial charge < -0.3 is 29.5 Å². The maximum absolute atomic E-state index is 14.5. The predicted molar refractivity (Wildman–Crippen MR) is 158 cm³/mol. The van der Waals surface area contributed by atoms with E-state index in [9.17, 15) is 23.9 Å². The molecule has 10 nitrogen and oxygen atoms in total. The van der Waals surface area contributed by atoms with Crippen molar-refractivity contribution in [1.29, 1.82) is 0 Å². The van der Waals surface area contributed by atoms with Gasteiger partial charge in [-0.3, -0.25) is 14.5 Å². The Kier molecular flexibility index (Phi) is 8.46. The third-order valence-electron chi connectivity index (χ3n) is 9.09. The second kappa shape index (κ2) is 11.8. The molecule has 3 aliphatic rings. The van der Waals surface area contributed by atoms with Gasteiger partial charge in [-0.05, 0) is 38.0 Å². The third-order valence-corrected chi connectivity index (χ3v) is 9.09. The molecule has 5 rings (SSSR count). The topological polar surface area (TPSA) is 107 Å². The van der Waals surface area contributed by atoms with E-state index in [1.807, 2.05) is 20.8 Å². The van der Waals surface area contributed by atoms with E-state index in [-0.39, 0.29) is 54.5 Å². The summed E-state index contributed by atoms with van der Waals surface area (Å²) >= 11 is 0. The number of carbonyl (C=O) groups excluding carboxylic acids is 1. The number of morpholine rings is 1. The maximum Gasteiger partial charge on any atom is 0.407 e. The van der Waals surface area contributed by atoms with Crippen LogP contribution in [0, 0.1) is 5.82 Å². The number of benzene rings is 1. The molecule has 2 fully saturated rings. The number of carbonyl (C=O) groups is 2. The van der Waals surface area contributed by atoms with Gasteiger partial charge in [-0.25, -0.2) is 9.18 Å². The molecule has 0 saturated carbocycles. The number of anilines is 1. The molecule has 42 heavy (non-hydrogen) atoms. The Bertz CT molecular complexity index is 1410. The highest BCUT2D eigenvalue weighted by molar-refractivity contribution is 5.97. The second-order valence-corrected chi connectivity index (χ2v) is 12.7. The van der Waals surface area contributed by atoms with E-state index >= 15 is 0 Å². The highest BCUT2D eigenvalue weighted by Gasteiger charge is 2.43. The van der Waals surface area contributed by atoms with Crippen LogP contribution in [0.15, 0.2) is 35.1 Å². The summed E-state index contributed by atoms with van der Waals surface area (Å²) in [6.07, 6.45) is -0.333. The number of halogens is 1. The molecule has 228 valence electrons. The SMILES string of the molecule is C[C@@H]1CN(CC(=O)N2CC(C)(C)c3c2cc(Cc2ccccc2F)c(=O)n3C)[C@@H](CC2OCCN[C@@H]2C)CN1C(=O)O. The van der Waals surface area contributed by atoms with Gasteiger partial charge in [-0.1, -0.05) is 32.0 Å². The minimum atomic E-state index is -0.965. The Morgan fingerprint density at radius 2 is 1.90 bits per heavy atom. The summed E-state index contributed by atoms with van der Waals surface area (Å²) in [5, 5.41) is 13.2. The van der Waals surface area contributed by atoms with Crippen LogP contribution in [-0.2, 0) is 28.4 Å². The number of fused-ring (bicyclic) bond motifs is 1. The van der Waals surface area contributed by atoms with Crippen molar-refractivity contribution >= 4 is 17.7 Å². The average Bonchev–Trinajstić information content (AvgIpc) is 3.20. The molecule has 4 atom stereocenters. The Morgan fingerprint density at radius 1 is 1.17 bits per heavy atom. The molecular formula is C31H42FN5O5. The zero-order valence-corrected chi connectivity index (χ0v) is 25.1. The van der Waals surface area contributed by atoms with Crippen LogP contribution in [-0.4, -0.2) is 95.0 Å². The minimum absolute atomic E-state index is 0.0904. The molecule has 0 aliphatic carbocycles. The second-order valence-electron chi connectivity index (χ2n) is 12.7. The molecule has 0 spiro atoms. The average molecular weight is 584 g/mol. The number of hydrogen-bond acceptors (Lipinski definition) is 6. The minimum Gasteiger partial charge on any atom is -0.465 e. The van der Waals surface area contributed by atoms with E-state index in [2.05, 4.69) is 17.1 Å². The summed E-state index contributed by atoms with van der Waals surface area (Å²) in [6, 6.07) is 7.81. The lowest BCUT2D eigenvalue weighted by molar-refractivity contribution is -0.122. The molecule has 2 aromatic rings. The number of rotatable bonds is 6. The fourth-order valence-electron chi connectivity index (χ4n) is 6.91. The van der Waals surface area contributed by atoms with Crippen molar-refractivity contribution in [2.75, 3.05) is 44.2 Å². The van der Waals surface area contributed by atoms with Gasteiger partial charge in [0.15, 0.2) is 0 Å². The number of piperazine rings is 1. The normalized spacial score (nSPS) is 25.9. The van der Waals surface area contributed by atoms with Crippen LogP contribution in [0.3, 0.4) is 0 Å². The molecule has 1 unspecified atom stereocenters. The van der Waals surface area contributed by atoms with Gasteiger partial charge in [-0.2, -0.15) is 0 Å². The van der Waals surface area contributed by atoms with Crippen molar-refractivity contribution in [2.45, 2.75) is 70.2 Å². The van der Waals surface area contributed by atoms with Crippen molar-refractivity contribution in [3.8, 4) is 0 Å². The monoisotopic (exact) mass is 583 g/mol. The first-order chi connectivity index (χ1) is 19.9. The van der Waals surface area contributed by atoms with Crippen molar-refractivity contribution in [2.24, 2.45) is 7.05 Å². The van der Waals surface area contributed by atoms with Gasteiger partial charge in [0.05, 0.1) is 30.6 Å². The Hall–Kier alpha value is -3.28. The molecule has 2 N–H and O–H groups in total. The number of hydrogen-bond donors (Lipinski definition) is 2. The molecule has 1 aromatic heterocycles. The predicted octanol–water partition coefficient (Wildman–Crippen LogP) is 2.56. The molecule has 2 saturated heterocycles. The molecule has 11 heteroatoms. The highest BCUT2D eigenvalue weighted by Crippen LogP contribution is 2.40. The first-order valence-corrected chi connectivity index (χ1v) is 14.7. The summed E-state index contributed by atoms with van der Waals surface area (Å²) in [4.78, 5) is 44.7. The Balaban J connectivity index is 1.43. The van der Waals surface area contributed by atoms with E-state index in [0.717, 1.165) is 12.2 Å². The summed E-state index contributed by atoms with van der Waals surface area (Å²) in [5.74, 6) is -0.491. The third kappa shape index (κ3) is 5.82. The van der Waals surface area contributed by atoms with E-state index in [4.69, 9.17) is 4.74 Å². The highest BCUT2D eigenvalue weighted by atomic mass is 19.1. The van der Waals surface area contributed by atoms with E-state index in [0.29, 0.717) is 49.5 Å². The van der Waals surface area contributed by atoms with Crippen LogP contribution in [0.25, 0.3) is 0 Å². The van der Waals surface area contributed by atoms with Gasteiger partial charge in [0.25, 0.3) is 5.56 Å². The molecular weight excluding hydrogens is 541 g/mol. The van der Waals surface area contributed by atoms with E-state index in [1.54, 1.807) is 40.8 Å². The van der Waals surface area contributed by atoms with Crippen LogP contribution < -0.4 is 15.8 Å². The van der Waals surface area contributed by atoms with Gasteiger partial charge in [0.2, 0.25) is 5.91 Å². The molecule has 4 heterocycles. The fraction of sp³-hybridized carbons (Fsp3) is 0.581. The largest absolute Gasteiger partial charge is 0.465 e. The first kappa shape index (κ1) is 30.2. The number of nitrogens with zero attached hydrogens (tertiary/aromatic N) is 4. The van der Waals surface area contributed by atoms with Crippen LogP contribution in [0.5, 0.6) is 0 Å². The van der Waals surface area contributed by atoms with Gasteiger partial charge in [-0.15, -0.1) is 0 Å². The number of nitrogens with one attached hydrogen (secondary N) is 1. The lowest BCUT2D eigenvalue weighted by atomic mass is 9.90. The van der Waals surface area contributed by atoms with Crippen molar-refractivity contribution < 1.29 is 23.8 Å². The molecule has 0 radical (unpaired) electrons. The Morgan fingerprint density at radius 3 is 2.60 bits per heavy atom. The molecule has 3 aliphatic heterocycles. The quantitative estimate of drug-likeness (QED) is 0.538. The molecule has 0 bridgehead atoms.